The van der Waals surface area contributed by atoms with Crippen molar-refractivity contribution >= 4 is 40.3 Å². The van der Waals surface area contributed by atoms with Gasteiger partial charge in [-0.05, 0) is 52.5 Å². The number of aliphatic hydroxyl groups excluding tert-OH is 1. The van der Waals surface area contributed by atoms with Crippen molar-refractivity contribution in [1.29, 1.82) is 0 Å². The van der Waals surface area contributed by atoms with E-state index in [4.69, 9.17) is 14.2 Å². The molecular formula is C30H44N4O8. The first-order chi connectivity index (χ1) is 19.7. The molecule has 12 nitrogen and oxygen atoms in total. The molecule has 2 aromatic carbocycles. The van der Waals surface area contributed by atoms with Gasteiger partial charge < -0.3 is 35.3 Å². The van der Waals surface area contributed by atoms with Gasteiger partial charge in [0.05, 0.1) is 6.10 Å². The summed E-state index contributed by atoms with van der Waals surface area (Å²) >= 11 is 0. The van der Waals surface area contributed by atoms with Gasteiger partial charge in [0.25, 0.3) is 0 Å². The van der Waals surface area contributed by atoms with Crippen LogP contribution in [0.4, 0.5) is 10.5 Å². The number of nitrogens with one attached hydrogen (secondary N) is 3. The number of fused-ring (bicyclic) bond motifs is 1. The van der Waals surface area contributed by atoms with Crippen molar-refractivity contribution in [2.45, 2.75) is 83.6 Å². The maximum Gasteiger partial charge on any atom is 0.410 e. The van der Waals surface area contributed by atoms with Crippen molar-refractivity contribution < 1.29 is 38.5 Å². The van der Waals surface area contributed by atoms with Gasteiger partial charge >= 0.3 is 6.09 Å². The van der Waals surface area contributed by atoms with Crippen LogP contribution in [0.25, 0.3) is 10.8 Å². The smallest absolute Gasteiger partial charge is 0.410 e. The van der Waals surface area contributed by atoms with Crippen molar-refractivity contribution in [3.63, 3.8) is 0 Å². The van der Waals surface area contributed by atoms with E-state index in [2.05, 4.69) is 16.0 Å². The van der Waals surface area contributed by atoms with Crippen molar-refractivity contribution in [2.75, 3.05) is 26.6 Å². The van der Waals surface area contributed by atoms with E-state index in [0.29, 0.717) is 5.69 Å². The highest BCUT2D eigenvalue weighted by Gasteiger charge is 2.33. The van der Waals surface area contributed by atoms with Crippen LogP contribution in [0.5, 0.6) is 0 Å². The molecule has 42 heavy (non-hydrogen) atoms. The number of methoxy groups -OCH3 is 2. The summed E-state index contributed by atoms with van der Waals surface area (Å²) in [6.45, 7) is 7.90. The number of carbonyl (C=O) groups excluding carboxylic acids is 4. The fraction of sp³-hybridized carbons (Fsp3) is 0.533. The molecule has 0 fully saturated rings. The van der Waals surface area contributed by atoms with Gasteiger partial charge in [0, 0.05) is 38.8 Å². The largest absolute Gasteiger partial charge is 0.444 e. The maximum atomic E-state index is 13.5. The lowest BCUT2D eigenvalue weighted by Gasteiger charge is -2.30. The van der Waals surface area contributed by atoms with Crippen LogP contribution in [0.3, 0.4) is 0 Å². The third-order valence-corrected chi connectivity index (χ3v) is 6.60. The van der Waals surface area contributed by atoms with Crippen molar-refractivity contribution in [2.24, 2.45) is 0 Å². The average molecular weight is 589 g/mol. The lowest BCUT2D eigenvalue weighted by molar-refractivity contribution is -0.135. The van der Waals surface area contributed by atoms with Gasteiger partial charge in [-0.2, -0.15) is 0 Å². The molecule has 0 aliphatic carbocycles. The highest BCUT2D eigenvalue weighted by Crippen LogP contribution is 2.23. The molecule has 1 unspecified atom stereocenters. The lowest BCUT2D eigenvalue weighted by atomic mass is 10.1. The molecule has 0 aliphatic heterocycles. The number of anilines is 1. The first-order valence-corrected chi connectivity index (χ1v) is 13.8. The third-order valence-electron chi connectivity index (χ3n) is 6.60. The van der Waals surface area contributed by atoms with Crippen LogP contribution in [0, 0.1) is 0 Å². The molecule has 4 amide bonds. The maximum absolute atomic E-state index is 13.5. The van der Waals surface area contributed by atoms with Crippen LogP contribution < -0.4 is 16.0 Å². The van der Waals surface area contributed by atoms with Crippen LogP contribution in [-0.2, 0) is 28.6 Å². The van der Waals surface area contributed by atoms with Gasteiger partial charge in [0.2, 0.25) is 17.7 Å². The van der Waals surface area contributed by atoms with Gasteiger partial charge in [0.15, 0.2) is 6.29 Å². The van der Waals surface area contributed by atoms with E-state index in [-0.39, 0.29) is 12.8 Å². The van der Waals surface area contributed by atoms with E-state index < -0.39 is 59.9 Å². The van der Waals surface area contributed by atoms with Gasteiger partial charge in [-0.15, -0.1) is 0 Å². The summed E-state index contributed by atoms with van der Waals surface area (Å²) in [6, 6.07) is 9.53. The predicted molar refractivity (Wildman–Crippen MR) is 159 cm³/mol. The van der Waals surface area contributed by atoms with Gasteiger partial charge in [-0.1, -0.05) is 36.4 Å². The minimum atomic E-state index is -1.42. The Hall–Kier alpha value is -3.74. The number of aliphatic hydroxyl groups is 1. The third kappa shape index (κ3) is 9.97. The molecule has 0 aromatic heterocycles. The molecule has 0 radical (unpaired) electrons. The molecule has 0 saturated carbocycles. The Balaban J connectivity index is 2.22. The van der Waals surface area contributed by atoms with Gasteiger partial charge in [-0.3, -0.25) is 19.3 Å². The van der Waals surface area contributed by atoms with Crippen LogP contribution in [0.1, 0.15) is 47.5 Å². The molecule has 0 saturated heterocycles. The van der Waals surface area contributed by atoms with Crippen molar-refractivity contribution in [1.82, 2.24) is 15.5 Å². The van der Waals surface area contributed by atoms with Gasteiger partial charge in [-0.25, -0.2) is 4.79 Å². The molecule has 2 rings (SSSR count). The molecule has 232 valence electrons. The molecule has 4 N–H and O–H groups in total. The van der Waals surface area contributed by atoms with E-state index in [1.54, 1.807) is 26.8 Å². The second-order valence-electron chi connectivity index (χ2n) is 11.0. The van der Waals surface area contributed by atoms with E-state index in [9.17, 15) is 24.3 Å². The van der Waals surface area contributed by atoms with E-state index in [1.165, 1.54) is 35.1 Å². The van der Waals surface area contributed by atoms with Crippen LogP contribution in [0.2, 0.25) is 0 Å². The number of likely N-dealkylation sites (N-methyl/N-ethyl adjacent to an activating group) is 1. The first-order valence-electron chi connectivity index (χ1n) is 13.8. The second-order valence-corrected chi connectivity index (χ2v) is 11.0. The van der Waals surface area contributed by atoms with E-state index in [1.807, 2.05) is 36.4 Å². The van der Waals surface area contributed by atoms with Crippen LogP contribution >= 0.6 is 0 Å². The summed E-state index contributed by atoms with van der Waals surface area (Å²) in [5.74, 6) is -1.98. The predicted octanol–water partition coefficient (Wildman–Crippen LogP) is 2.78. The Morgan fingerprint density at radius 1 is 0.881 bits per heavy atom. The summed E-state index contributed by atoms with van der Waals surface area (Å²) in [6.07, 6.45) is -2.26. The summed E-state index contributed by atoms with van der Waals surface area (Å²) in [7, 11) is 4.32. The summed E-state index contributed by atoms with van der Waals surface area (Å²) in [5, 5.41) is 20.2. The molecular weight excluding hydrogens is 544 g/mol. The Labute approximate surface area is 247 Å². The number of amides is 4. The second kappa shape index (κ2) is 15.5. The number of carbonyl (C=O) groups is 4. The monoisotopic (exact) mass is 588 g/mol. The van der Waals surface area contributed by atoms with E-state index in [0.717, 1.165) is 15.7 Å². The minimum Gasteiger partial charge on any atom is -0.444 e. The van der Waals surface area contributed by atoms with Crippen LogP contribution in [-0.4, -0.2) is 91.2 Å². The SMILES string of the molecule is COC(CCC(NC(=O)[C@@H](NC(=O)[C@H](C)N(C)C(=O)OC(C)(C)C)[C@H](C)O)C(=O)Nc1cccc2ccccc12)OC. The number of hydrogen-bond donors (Lipinski definition) is 4. The zero-order chi connectivity index (χ0) is 31.6. The van der Waals surface area contributed by atoms with E-state index >= 15 is 0 Å². The summed E-state index contributed by atoms with van der Waals surface area (Å²) in [5.41, 5.74) is -0.206. The summed E-state index contributed by atoms with van der Waals surface area (Å²) in [4.78, 5) is 53.3. The Bertz CT molecular complexity index is 1220. The van der Waals surface area contributed by atoms with Crippen LogP contribution in [0.15, 0.2) is 42.5 Å². The zero-order valence-corrected chi connectivity index (χ0v) is 25.6. The Kier molecular flexibility index (Phi) is 12.7. The normalized spacial score (nSPS) is 14.4. The number of rotatable bonds is 13. The summed E-state index contributed by atoms with van der Waals surface area (Å²) < 4.78 is 15.8. The Morgan fingerprint density at radius 2 is 1.50 bits per heavy atom. The molecule has 2 aromatic rings. The quantitative estimate of drug-likeness (QED) is 0.260. The molecule has 0 aliphatic rings. The molecule has 12 heteroatoms. The lowest BCUT2D eigenvalue weighted by Crippen LogP contribution is -2.59. The van der Waals surface area contributed by atoms with Gasteiger partial charge in [0.1, 0.15) is 23.7 Å². The number of benzene rings is 2. The minimum absolute atomic E-state index is 0.132. The highest BCUT2D eigenvalue weighted by molar-refractivity contribution is 6.05. The average Bonchev–Trinajstić information content (AvgIpc) is 2.93. The molecule has 0 heterocycles. The molecule has 0 spiro atoms. The molecule has 0 bridgehead atoms. The topological polar surface area (TPSA) is 156 Å². The fourth-order valence-electron chi connectivity index (χ4n) is 4.07. The molecule has 4 atom stereocenters. The van der Waals surface area contributed by atoms with Crippen molar-refractivity contribution in [3.05, 3.63) is 42.5 Å². The number of hydrogen-bond acceptors (Lipinski definition) is 8. The fourth-order valence-corrected chi connectivity index (χ4v) is 4.07. The van der Waals surface area contributed by atoms with Crippen molar-refractivity contribution in [3.8, 4) is 0 Å². The standard InChI is InChI=1S/C30H44N4O8/c1-18(34(6)29(39)42-30(3,4)5)26(36)33-25(19(2)35)28(38)32-23(16-17-24(40-7)41-8)27(37)31-22-15-11-13-20-12-9-10-14-21(20)22/h9-15,18-19,23-25,35H,16-17H2,1-8H3,(H,31,37)(H,32,38)(H,33,36)/t18-,19-,23?,25-/m0/s1. The highest BCUT2D eigenvalue weighted by atomic mass is 16.7. The first kappa shape index (κ1) is 34.5. The number of ether oxygens (including phenoxy) is 3. The zero-order valence-electron chi connectivity index (χ0n) is 25.6. The number of nitrogens with zero attached hydrogens (tertiary/aromatic N) is 1. The Morgan fingerprint density at radius 3 is 2.10 bits per heavy atom.